The van der Waals surface area contributed by atoms with Gasteiger partial charge in [0.15, 0.2) is 0 Å². The number of nitrogens with zero attached hydrogens (tertiary/aromatic N) is 1. The molecule has 20 heavy (non-hydrogen) atoms. The van der Waals surface area contributed by atoms with E-state index in [4.69, 9.17) is 5.73 Å². The highest BCUT2D eigenvalue weighted by Crippen LogP contribution is 2.36. The van der Waals surface area contributed by atoms with Crippen LogP contribution in [-0.4, -0.2) is 29.1 Å². The van der Waals surface area contributed by atoms with E-state index in [0.717, 1.165) is 0 Å². The number of anilines is 1. The predicted molar refractivity (Wildman–Crippen MR) is 76.7 cm³/mol. The van der Waals surface area contributed by atoms with Crippen LogP contribution in [0.15, 0.2) is 24.3 Å². The van der Waals surface area contributed by atoms with Gasteiger partial charge in [0, 0.05) is 24.2 Å². The summed E-state index contributed by atoms with van der Waals surface area (Å²) in [6.45, 7) is 3.95. The van der Waals surface area contributed by atoms with Gasteiger partial charge in [0.25, 0.3) is 0 Å². The summed E-state index contributed by atoms with van der Waals surface area (Å²) in [7, 11) is 0. The number of rotatable bonds is 4. The van der Waals surface area contributed by atoms with E-state index in [1.807, 2.05) is 19.9 Å². The molecular weight excluding hydrogens is 256 g/mol. The Morgan fingerprint density at radius 3 is 2.65 bits per heavy atom. The molecule has 0 radical (unpaired) electrons. The first-order chi connectivity index (χ1) is 9.29. The van der Waals surface area contributed by atoms with Gasteiger partial charge < -0.3 is 15.7 Å². The average Bonchev–Trinajstić information content (AvgIpc) is 2.75. The first-order valence-electron chi connectivity index (χ1n) is 6.70. The van der Waals surface area contributed by atoms with Crippen LogP contribution in [0.25, 0.3) is 0 Å². The average molecular weight is 276 g/mol. The molecule has 1 unspecified atom stereocenters. The Morgan fingerprint density at radius 2 is 2.05 bits per heavy atom. The molecule has 0 spiro atoms. The van der Waals surface area contributed by atoms with Crippen LogP contribution in [0.2, 0.25) is 0 Å². The van der Waals surface area contributed by atoms with E-state index in [9.17, 15) is 14.7 Å². The van der Waals surface area contributed by atoms with Gasteiger partial charge in [-0.3, -0.25) is 9.59 Å². The van der Waals surface area contributed by atoms with E-state index in [1.54, 1.807) is 23.1 Å². The number of carbonyl (C=O) groups is 2. The van der Waals surface area contributed by atoms with Crippen molar-refractivity contribution in [2.45, 2.75) is 38.1 Å². The van der Waals surface area contributed by atoms with Crippen molar-refractivity contribution in [1.29, 1.82) is 0 Å². The predicted octanol–water partition coefficient (Wildman–Crippen LogP) is 1.72. The number of carboxylic acid groups (broad SMARTS) is 1. The number of carboxylic acids is 1. The van der Waals surface area contributed by atoms with Crippen LogP contribution in [0, 0.1) is 0 Å². The van der Waals surface area contributed by atoms with Crippen molar-refractivity contribution >= 4 is 17.6 Å². The Bertz CT molecular complexity index is 534. The van der Waals surface area contributed by atoms with Gasteiger partial charge in [-0.25, -0.2) is 0 Å². The minimum absolute atomic E-state index is 0.0697. The molecule has 3 N–H and O–H groups in total. The van der Waals surface area contributed by atoms with Gasteiger partial charge in [-0.15, -0.1) is 0 Å². The molecule has 0 aromatic heterocycles. The Balaban J connectivity index is 2.18. The summed E-state index contributed by atoms with van der Waals surface area (Å²) in [6.07, 6.45) is 0.895. The third-order valence-corrected chi connectivity index (χ3v) is 3.55. The van der Waals surface area contributed by atoms with Gasteiger partial charge in [0.1, 0.15) is 5.92 Å². The number of para-hydroxylation sites is 1. The smallest absolute Gasteiger partial charge is 0.312 e. The monoisotopic (exact) mass is 276 g/mol. The number of amides is 1. The summed E-state index contributed by atoms with van der Waals surface area (Å²) < 4.78 is 0. The van der Waals surface area contributed by atoms with Gasteiger partial charge in [0.2, 0.25) is 5.91 Å². The number of nitrogens with two attached hydrogens (primary N) is 1. The van der Waals surface area contributed by atoms with Crippen LogP contribution in [0.3, 0.4) is 0 Å². The zero-order valence-corrected chi connectivity index (χ0v) is 11.8. The molecule has 2 rings (SSSR count). The highest BCUT2D eigenvalue weighted by molar-refractivity contribution is 5.98. The summed E-state index contributed by atoms with van der Waals surface area (Å²) in [5, 5.41) is 9.26. The lowest BCUT2D eigenvalue weighted by Gasteiger charge is -2.21. The van der Waals surface area contributed by atoms with E-state index >= 15 is 0 Å². The quantitative estimate of drug-likeness (QED) is 0.877. The van der Waals surface area contributed by atoms with Gasteiger partial charge in [-0.2, -0.15) is 0 Å². The van der Waals surface area contributed by atoms with Gasteiger partial charge in [-0.1, -0.05) is 18.2 Å². The van der Waals surface area contributed by atoms with Crippen LogP contribution in [-0.2, 0) is 9.59 Å². The van der Waals surface area contributed by atoms with Crippen LogP contribution in [0.1, 0.15) is 38.2 Å². The van der Waals surface area contributed by atoms with Gasteiger partial charge >= 0.3 is 5.97 Å². The van der Waals surface area contributed by atoms with E-state index in [0.29, 0.717) is 24.1 Å². The fraction of sp³-hybridized carbons (Fsp3) is 0.467. The highest BCUT2D eigenvalue weighted by atomic mass is 16.4. The number of benzene rings is 1. The summed E-state index contributed by atoms with van der Waals surface area (Å²) in [5.74, 6) is -1.60. The molecule has 108 valence electrons. The lowest BCUT2D eigenvalue weighted by molar-refractivity contribution is -0.138. The standard InChI is InChI=1S/C15H20N2O3/c1-15(2,16)8-7-13(18)17-9-11(14(19)20)10-5-3-4-6-12(10)17/h3-6,11H,7-9,16H2,1-2H3,(H,19,20). The molecule has 5 nitrogen and oxygen atoms in total. The Kier molecular flexibility index (Phi) is 3.81. The lowest BCUT2D eigenvalue weighted by atomic mass is 10.00. The molecule has 0 saturated heterocycles. The van der Waals surface area contributed by atoms with Crippen molar-refractivity contribution in [3.8, 4) is 0 Å². The fourth-order valence-corrected chi connectivity index (χ4v) is 2.42. The molecule has 0 aliphatic carbocycles. The first kappa shape index (κ1) is 14.5. The Hall–Kier alpha value is -1.88. The maximum atomic E-state index is 12.3. The molecule has 0 fully saturated rings. The normalized spacial score (nSPS) is 17.9. The van der Waals surface area contributed by atoms with E-state index < -0.39 is 17.4 Å². The fourth-order valence-electron chi connectivity index (χ4n) is 2.42. The van der Waals surface area contributed by atoms with Gasteiger partial charge in [0.05, 0.1) is 0 Å². The van der Waals surface area contributed by atoms with Crippen molar-refractivity contribution in [3.63, 3.8) is 0 Å². The summed E-state index contributed by atoms with van der Waals surface area (Å²) >= 11 is 0. The van der Waals surface area contributed by atoms with Crippen molar-refractivity contribution in [2.75, 3.05) is 11.4 Å². The van der Waals surface area contributed by atoms with Crippen molar-refractivity contribution in [3.05, 3.63) is 29.8 Å². The number of fused-ring (bicyclic) bond motifs is 1. The zero-order valence-electron chi connectivity index (χ0n) is 11.8. The molecule has 1 aliphatic rings. The number of hydrogen-bond acceptors (Lipinski definition) is 3. The van der Waals surface area contributed by atoms with Crippen LogP contribution < -0.4 is 10.6 Å². The van der Waals surface area contributed by atoms with Crippen molar-refractivity contribution in [2.24, 2.45) is 5.73 Å². The Labute approximate surface area is 118 Å². The maximum absolute atomic E-state index is 12.3. The molecule has 1 heterocycles. The minimum atomic E-state index is -0.896. The topological polar surface area (TPSA) is 83.6 Å². The second kappa shape index (κ2) is 5.25. The minimum Gasteiger partial charge on any atom is -0.481 e. The van der Waals surface area contributed by atoms with E-state index in [2.05, 4.69) is 0 Å². The zero-order chi connectivity index (χ0) is 14.9. The molecule has 5 heteroatoms. The second-order valence-corrected chi connectivity index (χ2v) is 5.94. The van der Waals surface area contributed by atoms with E-state index in [-0.39, 0.29) is 12.5 Å². The number of aliphatic carboxylic acids is 1. The summed E-state index contributed by atoms with van der Waals surface area (Å²) in [5.41, 5.74) is 6.90. The second-order valence-electron chi connectivity index (χ2n) is 5.94. The van der Waals surface area contributed by atoms with Crippen molar-refractivity contribution < 1.29 is 14.7 Å². The van der Waals surface area contributed by atoms with Crippen LogP contribution in [0.5, 0.6) is 0 Å². The highest BCUT2D eigenvalue weighted by Gasteiger charge is 2.36. The van der Waals surface area contributed by atoms with Crippen LogP contribution in [0.4, 0.5) is 5.69 Å². The van der Waals surface area contributed by atoms with Gasteiger partial charge in [-0.05, 0) is 31.9 Å². The van der Waals surface area contributed by atoms with Crippen molar-refractivity contribution in [1.82, 2.24) is 0 Å². The first-order valence-corrected chi connectivity index (χ1v) is 6.70. The largest absolute Gasteiger partial charge is 0.481 e. The number of hydrogen-bond donors (Lipinski definition) is 2. The molecule has 0 bridgehead atoms. The molecular formula is C15H20N2O3. The van der Waals surface area contributed by atoms with E-state index in [1.165, 1.54) is 0 Å². The molecule has 1 amide bonds. The SMILES string of the molecule is CC(C)(N)CCC(=O)N1CC(C(=O)O)c2ccccc21. The molecule has 1 aliphatic heterocycles. The third kappa shape index (κ3) is 2.99. The molecule has 0 saturated carbocycles. The lowest BCUT2D eigenvalue weighted by Crippen LogP contribution is -2.36. The molecule has 1 aromatic carbocycles. The summed E-state index contributed by atoms with van der Waals surface area (Å²) in [4.78, 5) is 25.2. The summed E-state index contributed by atoms with van der Waals surface area (Å²) in [6, 6.07) is 7.18. The number of carbonyl (C=O) groups excluding carboxylic acids is 1. The van der Waals surface area contributed by atoms with Crippen LogP contribution >= 0.6 is 0 Å². The Morgan fingerprint density at radius 1 is 1.40 bits per heavy atom. The molecule has 1 aromatic rings. The maximum Gasteiger partial charge on any atom is 0.312 e. The third-order valence-electron chi connectivity index (χ3n) is 3.55. The molecule has 1 atom stereocenters.